The van der Waals surface area contributed by atoms with Crippen LogP contribution < -0.4 is 4.90 Å². The average molecular weight is 278 g/mol. The van der Waals surface area contributed by atoms with Gasteiger partial charge in [-0.1, -0.05) is 0 Å². The second-order valence-corrected chi connectivity index (χ2v) is 3.90. The molecule has 0 spiro atoms. The number of likely N-dealkylation sites (N-methyl/N-ethyl adjacent to an activating group) is 1. The Morgan fingerprint density at radius 1 is 1.00 bits per heavy atom. The van der Waals surface area contributed by atoms with E-state index in [1.54, 1.807) is 12.1 Å². The van der Waals surface area contributed by atoms with Crippen LogP contribution in [0, 0.1) is 4.91 Å². The van der Waals surface area contributed by atoms with Crippen molar-refractivity contribution in [1.29, 1.82) is 0 Å². The predicted octanol–water partition coefficient (Wildman–Crippen LogP) is 2.68. The van der Waals surface area contributed by atoms with Crippen molar-refractivity contribution in [3.63, 3.8) is 0 Å². The average Bonchev–Trinajstić information content (AvgIpc) is 2.30. The van der Waals surface area contributed by atoms with E-state index in [2.05, 4.69) is 22.0 Å². The molecule has 2 rings (SSSR count). The number of rotatable bonds is 2. The first kappa shape index (κ1) is 16.2. The molecular weight excluding hydrogens is 261 g/mol. The molecule has 4 nitrogen and oxygen atoms in total. The standard InChI is InChI=1S/C11H15N3O.2ClH/c1-13-6-8-14(9-7-13)11-4-2-10(12-15)3-5-11;;/h2-5H,6-9H2,1H3;2*1H. The Balaban J connectivity index is 0.00000128. The molecule has 96 valence electrons. The lowest BCUT2D eigenvalue weighted by Crippen LogP contribution is -2.44. The first-order valence-corrected chi connectivity index (χ1v) is 5.16. The van der Waals surface area contributed by atoms with Crippen molar-refractivity contribution in [3.8, 4) is 0 Å². The van der Waals surface area contributed by atoms with Gasteiger partial charge in [-0.25, -0.2) is 0 Å². The third kappa shape index (κ3) is 4.15. The van der Waals surface area contributed by atoms with Gasteiger partial charge < -0.3 is 9.80 Å². The summed E-state index contributed by atoms with van der Waals surface area (Å²) in [5, 5.41) is 2.89. The molecule has 0 unspecified atom stereocenters. The third-order valence-corrected chi connectivity index (χ3v) is 2.82. The molecule has 1 aromatic rings. The Morgan fingerprint density at radius 2 is 1.53 bits per heavy atom. The molecule has 0 aromatic heterocycles. The number of hydrogen-bond donors (Lipinski definition) is 0. The number of halogens is 2. The Morgan fingerprint density at radius 3 is 2.00 bits per heavy atom. The van der Waals surface area contributed by atoms with Gasteiger partial charge in [0.2, 0.25) is 0 Å². The highest BCUT2D eigenvalue weighted by Crippen LogP contribution is 2.20. The molecule has 0 atom stereocenters. The van der Waals surface area contributed by atoms with Gasteiger partial charge in [0.25, 0.3) is 0 Å². The van der Waals surface area contributed by atoms with Gasteiger partial charge in [0.1, 0.15) is 5.69 Å². The van der Waals surface area contributed by atoms with Crippen LogP contribution in [0.1, 0.15) is 0 Å². The van der Waals surface area contributed by atoms with E-state index in [4.69, 9.17) is 0 Å². The molecule has 1 saturated heterocycles. The molecule has 0 radical (unpaired) electrons. The van der Waals surface area contributed by atoms with E-state index in [-0.39, 0.29) is 24.8 Å². The second-order valence-electron chi connectivity index (χ2n) is 3.90. The number of anilines is 1. The lowest BCUT2D eigenvalue weighted by atomic mass is 10.2. The van der Waals surface area contributed by atoms with Gasteiger partial charge in [0.05, 0.1) is 0 Å². The van der Waals surface area contributed by atoms with Crippen LogP contribution in [0.5, 0.6) is 0 Å². The Hall–Kier alpha value is -0.840. The van der Waals surface area contributed by atoms with E-state index >= 15 is 0 Å². The van der Waals surface area contributed by atoms with Crippen molar-refractivity contribution in [2.45, 2.75) is 0 Å². The highest BCUT2D eigenvalue weighted by atomic mass is 35.5. The maximum absolute atomic E-state index is 10.3. The number of hydrogen-bond acceptors (Lipinski definition) is 4. The molecule has 1 aromatic carbocycles. The normalized spacial score (nSPS) is 15.7. The fraction of sp³-hybridized carbons (Fsp3) is 0.455. The minimum Gasteiger partial charge on any atom is -0.369 e. The zero-order valence-electron chi connectivity index (χ0n) is 9.70. The zero-order chi connectivity index (χ0) is 10.7. The summed E-state index contributed by atoms with van der Waals surface area (Å²) in [5.74, 6) is 0. The Bertz CT molecular complexity index is 337. The molecule has 0 aliphatic carbocycles. The van der Waals surface area contributed by atoms with Gasteiger partial charge in [-0.05, 0) is 36.5 Å². The van der Waals surface area contributed by atoms with Crippen molar-refractivity contribution in [1.82, 2.24) is 4.90 Å². The fourth-order valence-corrected chi connectivity index (χ4v) is 1.79. The summed E-state index contributed by atoms with van der Waals surface area (Å²) in [6.45, 7) is 4.27. The first-order valence-electron chi connectivity index (χ1n) is 5.16. The van der Waals surface area contributed by atoms with Gasteiger partial charge in [-0.2, -0.15) is 0 Å². The molecule has 1 fully saturated rings. The zero-order valence-corrected chi connectivity index (χ0v) is 11.3. The van der Waals surface area contributed by atoms with Gasteiger partial charge in [-0.3, -0.25) is 0 Å². The van der Waals surface area contributed by atoms with E-state index in [9.17, 15) is 4.91 Å². The van der Waals surface area contributed by atoms with Crippen LogP contribution in [0.4, 0.5) is 11.4 Å². The topological polar surface area (TPSA) is 35.9 Å². The van der Waals surface area contributed by atoms with Crippen LogP contribution in [-0.4, -0.2) is 38.1 Å². The molecule has 0 saturated carbocycles. The minimum atomic E-state index is 0. The Labute approximate surface area is 114 Å². The number of nitrogens with zero attached hydrogens (tertiary/aromatic N) is 3. The van der Waals surface area contributed by atoms with Crippen LogP contribution in [0.2, 0.25) is 0 Å². The minimum absolute atomic E-state index is 0. The van der Waals surface area contributed by atoms with Gasteiger partial charge in [0, 0.05) is 31.9 Å². The van der Waals surface area contributed by atoms with Crippen LogP contribution >= 0.6 is 24.8 Å². The van der Waals surface area contributed by atoms with E-state index < -0.39 is 0 Å². The summed E-state index contributed by atoms with van der Waals surface area (Å²) in [7, 11) is 2.14. The van der Waals surface area contributed by atoms with Crippen molar-refractivity contribution in [2.24, 2.45) is 5.18 Å². The summed E-state index contributed by atoms with van der Waals surface area (Å²) >= 11 is 0. The van der Waals surface area contributed by atoms with Gasteiger partial charge in [-0.15, -0.1) is 29.7 Å². The lowest BCUT2D eigenvalue weighted by Gasteiger charge is -2.34. The quantitative estimate of drug-likeness (QED) is 0.780. The molecule has 0 N–H and O–H groups in total. The predicted molar refractivity (Wildman–Crippen MR) is 76.1 cm³/mol. The van der Waals surface area contributed by atoms with Crippen LogP contribution in [0.25, 0.3) is 0 Å². The summed E-state index contributed by atoms with van der Waals surface area (Å²) < 4.78 is 0. The molecule has 0 bridgehead atoms. The maximum atomic E-state index is 10.3. The molecule has 17 heavy (non-hydrogen) atoms. The van der Waals surface area contributed by atoms with Crippen molar-refractivity contribution >= 4 is 36.2 Å². The number of piperazine rings is 1. The smallest absolute Gasteiger partial charge is 0.108 e. The van der Waals surface area contributed by atoms with E-state index in [1.165, 1.54) is 5.69 Å². The van der Waals surface area contributed by atoms with Gasteiger partial charge in [0.15, 0.2) is 0 Å². The molecular formula is C11H17Cl2N3O. The molecule has 6 heteroatoms. The van der Waals surface area contributed by atoms with E-state index in [1.807, 2.05) is 12.1 Å². The summed E-state index contributed by atoms with van der Waals surface area (Å²) in [4.78, 5) is 14.9. The van der Waals surface area contributed by atoms with E-state index in [0.29, 0.717) is 5.69 Å². The SMILES string of the molecule is CN1CCN(c2ccc(N=O)cc2)CC1.Cl.Cl. The first-order chi connectivity index (χ1) is 7.29. The van der Waals surface area contributed by atoms with Crippen molar-refractivity contribution < 1.29 is 0 Å². The second kappa shape index (κ2) is 7.48. The summed E-state index contributed by atoms with van der Waals surface area (Å²) in [6.07, 6.45) is 0. The van der Waals surface area contributed by atoms with Crippen LogP contribution in [0.3, 0.4) is 0 Å². The molecule has 1 aliphatic heterocycles. The lowest BCUT2D eigenvalue weighted by molar-refractivity contribution is 0.313. The molecule has 0 amide bonds. The maximum Gasteiger partial charge on any atom is 0.108 e. The highest BCUT2D eigenvalue weighted by molar-refractivity contribution is 5.85. The summed E-state index contributed by atoms with van der Waals surface area (Å²) in [5.41, 5.74) is 1.67. The monoisotopic (exact) mass is 277 g/mol. The van der Waals surface area contributed by atoms with Gasteiger partial charge >= 0.3 is 0 Å². The van der Waals surface area contributed by atoms with Crippen LogP contribution in [0.15, 0.2) is 29.4 Å². The van der Waals surface area contributed by atoms with E-state index in [0.717, 1.165) is 26.2 Å². The fourth-order valence-electron chi connectivity index (χ4n) is 1.79. The molecule has 1 heterocycles. The number of benzene rings is 1. The van der Waals surface area contributed by atoms with Crippen molar-refractivity contribution in [2.75, 3.05) is 38.1 Å². The largest absolute Gasteiger partial charge is 0.369 e. The number of nitroso groups, excluding NO2 is 1. The summed E-state index contributed by atoms with van der Waals surface area (Å²) in [6, 6.07) is 7.45. The highest BCUT2D eigenvalue weighted by Gasteiger charge is 2.13. The molecule has 1 aliphatic rings. The van der Waals surface area contributed by atoms with Crippen molar-refractivity contribution in [3.05, 3.63) is 29.2 Å². The van der Waals surface area contributed by atoms with Crippen LogP contribution in [-0.2, 0) is 0 Å². The Kier molecular flexibility index (Phi) is 7.11. The third-order valence-electron chi connectivity index (χ3n) is 2.82.